The number of fused-ring (bicyclic) bond motifs is 1. The Morgan fingerprint density at radius 3 is 1.50 bits per heavy atom. The van der Waals surface area contributed by atoms with Gasteiger partial charge in [0.15, 0.2) is 0 Å². The molecule has 0 saturated carbocycles. The molecule has 0 unspecified atom stereocenters. The van der Waals surface area contributed by atoms with Gasteiger partial charge in [-0.15, -0.1) is 25.5 Å². The van der Waals surface area contributed by atoms with Gasteiger partial charge in [0.05, 0.1) is 11.2 Å². The first-order valence-corrected chi connectivity index (χ1v) is 23.2. The van der Waals surface area contributed by atoms with Crippen LogP contribution in [0, 0.1) is 38.5 Å². The number of piperazine rings is 1. The van der Waals surface area contributed by atoms with Gasteiger partial charge in [0.25, 0.3) is 0 Å². The van der Waals surface area contributed by atoms with Crippen LogP contribution in [-0.2, 0) is 6.42 Å². The highest BCUT2D eigenvalue weighted by molar-refractivity contribution is 5.93. The molecule has 6 rings (SSSR count). The lowest BCUT2D eigenvalue weighted by molar-refractivity contribution is 0.0384. The van der Waals surface area contributed by atoms with Crippen LogP contribution in [0.15, 0.2) is 61.8 Å². The number of aromatic nitrogens is 1. The van der Waals surface area contributed by atoms with Gasteiger partial charge in [-0.05, 0) is 108 Å². The molecule has 0 spiro atoms. The number of likely N-dealkylation sites (tertiary alicyclic amines) is 1. The first kappa shape index (κ1) is 56.9. The van der Waals surface area contributed by atoms with Crippen molar-refractivity contribution in [2.45, 2.75) is 161 Å². The molecule has 0 N–H and O–H groups in total. The molecule has 0 radical (unpaired) electrons. The Balaban J connectivity index is 0. The van der Waals surface area contributed by atoms with Crippen LogP contribution in [0.3, 0.4) is 0 Å². The summed E-state index contributed by atoms with van der Waals surface area (Å²) in [7, 11) is 0. The number of terminal acetylenes is 1. The molecule has 3 fully saturated rings. The Morgan fingerprint density at radius 1 is 0.690 bits per heavy atom. The molecule has 5 nitrogen and oxygen atoms in total. The minimum Gasteiger partial charge on any atom is -0.371 e. The minimum absolute atomic E-state index is 0.542. The number of anilines is 1. The van der Waals surface area contributed by atoms with Crippen LogP contribution in [0.5, 0.6) is 0 Å². The number of hydrogen-bond acceptors (Lipinski definition) is 5. The van der Waals surface area contributed by atoms with Gasteiger partial charge in [-0.25, -0.2) is 0 Å². The minimum atomic E-state index is 0.542. The molecule has 0 atom stereocenters. The summed E-state index contributed by atoms with van der Waals surface area (Å²) in [6.07, 6.45) is 14.4. The second-order valence-corrected chi connectivity index (χ2v) is 15.8. The van der Waals surface area contributed by atoms with Crippen molar-refractivity contribution < 1.29 is 0 Å². The molecule has 330 valence electrons. The van der Waals surface area contributed by atoms with Crippen LogP contribution in [0.1, 0.15) is 144 Å². The largest absolute Gasteiger partial charge is 0.371 e. The third kappa shape index (κ3) is 21.2. The number of piperidine rings is 2. The highest BCUT2D eigenvalue weighted by Crippen LogP contribution is 2.33. The Labute approximate surface area is 362 Å². The number of hydrogen-bond donors (Lipinski definition) is 0. The van der Waals surface area contributed by atoms with Crippen LogP contribution in [0.25, 0.3) is 10.9 Å². The first-order valence-electron chi connectivity index (χ1n) is 23.2. The Hall–Kier alpha value is -3.17. The topological polar surface area (TPSA) is 25.9 Å². The van der Waals surface area contributed by atoms with Gasteiger partial charge in [0.1, 0.15) is 0 Å². The van der Waals surface area contributed by atoms with Crippen molar-refractivity contribution in [1.29, 1.82) is 0 Å². The molecule has 3 aromatic rings. The van der Waals surface area contributed by atoms with E-state index in [1.807, 2.05) is 41.5 Å². The zero-order chi connectivity index (χ0) is 44.7. The molecule has 4 heterocycles. The highest BCUT2D eigenvalue weighted by Gasteiger charge is 2.31. The Kier molecular flexibility index (Phi) is 33.0. The third-order valence-electron chi connectivity index (χ3n) is 10.9. The van der Waals surface area contributed by atoms with Gasteiger partial charge in [-0.2, -0.15) is 0 Å². The van der Waals surface area contributed by atoms with E-state index in [-0.39, 0.29) is 0 Å². The molecule has 3 aliphatic heterocycles. The lowest BCUT2D eigenvalue weighted by Gasteiger charge is -2.46. The Bertz CT molecular complexity index is 1440. The zero-order valence-electron chi connectivity index (χ0n) is 41.1. The van der Waals surface area contributed by atoms with Crippen molar-refractivity contribution in [3.8, 4) is 12.3 Å². The van der Waals surface area contributed by atoms with E-state index < -0.39 is 0 Å². The lowest BCUT2D eigenvalue weighted by atomic mass is 9.94. The number of rotatable bonds is 5. The predicted molar refractivity (Wildman–Crippen MR) is 265 cm³/mol. The summed E-state index contributed by atoms with van der Waals surface area (Å²) in [6.45, 7) is 50.8. The number of aryl methyl sites for hydroxylation is 4. The van der Waals surface area contributed by atoms with Crippen LogP contribution in [-0.4, -0.2) is 90.7 Å². The van der Waals surface area contributed by atoms with Gasteiger partial charge in [0, 0.05) is 62.9 Å². The van der Waals surface area contributed by atoms with E-state index >= 15 is 0 Å². The quantitative estimate of drug-likeness (QED) is 0.189. The van der Waals surface area contributed by atoms with Crippen molar-refractivity contribution in [2.24, 2.45) is 5.41 Å². The summed E-state index contributed by atoms with van der Waals surface area (Å²) in [5.74, 6) is 2.25. The van der Waals surface area contributed by atoms with E-state index in [0.29, 0.717) is 5.41 Å². The van der Waals surface area contributed by atoms with E-state index in [9.17, 15) is 0 Å². The molecular formula is C53H93N5. The average molecular weight is 800 g/mol. The maximum atomic E-state index is 4.68. The van der Waals surface area contributed by atoms with E-state index in [1.165, 1.54) is 111 Å². The summed E-state index contributed by atoms with van der Waals surface area (Å²) in [5, 5.41) is 1.33. The molecule has 0 aliphatic carbocycles. The third-order valence-corrected chi connectivity index (χ3v) is 10.9. The average Bonchev–Trinajstić information content (AvgIpc) is 3.27. The van der Waals surface area contributed by atoms with Gasteiger partial charge >= 0.3 is 0 Å². The molecule has 1 aromatic heterocycles. The molecule has 2 aromatic carbocycles. The van der Waals surface area contributed by atoms with E-state index in [2.05, 4.69) is 161 Å². The summed E-state index contributed by atoms with van der Waals surface area (Å²) in [5.41, 5.74) is 8.47. The molecule has 58 heavy (non-hydrogen) atoms. The maximum absolute atomic E-state index is 4.68. The fraction of sp³-hybridized carbons (Fsp3) is 0.642. The smallest absolute Gasteiger partial charge is 0.0723 e. The van der Waals surface area contributed by atoms with Crippen molar-refractivity contribution in [3.63, 3.8) is 0 Å². The standard InChI is InChI=1S/C27H41N5.C9H12.C6H14.C3H4.3C2H6.C2H4/c1-4-29-11-7-23(8-12-29)30-15-17-31(18-16-30)24-9-13-32(14-10-24)27-22(3)20-28-26-6-5-21(2)19-25(26)27;1-3-9-6-4-8(2)5-7-9;1-5-6(2,3)4;1-3-2;4*1-2/h5-6,19-20,23-24H,4,7-18H2,1-3H3;4-7H,3H2,1-2H3;5H2,1-4H3;1H,2H3;3*1-2H3;1-2H2. The van der Waals surface area contributed by atoms with Gasteiger partial charge in [0.2, 0.25) is 0 Å². The van der Waals surface area contributed by atoms with Crippen molar-refractivity contribution >= 4 is 16.6 Å². The summed E-state index contributed by atoms with van der Waals surface area (Å²) in [6, 6.07) is 16.9. The normalized spacial score (nSPS) is 16.1. The van der Waals surface area contributed by atoms with E-state index in [0.717, 1.165) is 37.1 Å². The van der Waals surface area contributed by atoms with Crippen LogP contribution >= 0.6 is 0 Å². The molecule has 0 bridgehead atoms. The van der Waals surface area contributed by atoms with Gasteiger partial charge < -0.3 is 9.80 Å². The van der Waals surface area contributed by atoms with Gasteiger partial charge in [-0.3, -0.25) is 14.8 Å². The Morgan fingerprint density at radius 2 is 1.10 bits per heavy atom. The second-order valence-electron chi connectivity index (χ2n) is 15.8. The fourth-order valence-electron chi connectivity index (χ4n) is 7.16. The number of pyridine rings is 1. The number of nitrogens with zero attached hydrogens (tertiary/aromatic N) is 5. The highest BCUT2D eigenvalue weighted by atomic mass is 15.3. The van der Waals surface area contributed by atoms with Gasteiger partial charge in [-0.1, -0.05) is 131 Å². The van der Waals surface area contributed by atoms with E-state index in [4.69, 9.17) is 0 Å². The molecule has 0 amide bonds. The fourth-order valence-corrected chi connectivity index (χ4v) is 7.16. The zero-order valence-corrected chi connectivity index (χ0v) is 41.1. The summed E-state index contributed by atoms with van der Waals surface area (Å²) >= 11 is 0. The predicted octanol–water partition coefficient (Wildman–Crippen LogP) is 13.4. The van der Waals surface area contributed by atoms with Crippen molar-refractivity contribution in [3.05, 3.63) is 84.1 Å². The molecule has 3 aliphatic rings. The lowest BCUT2D eigenvalue weighted by Crippen LogP contribution is -2.56. The van der Waals surface area contributed by atoms with Crippen molar-refractivity contribution in [2.75, 3.05) is 63.8 Å². The number of benzene rings is 2. The molecular weight excluding hydrogens is 707 g/mol. The summed E-state index contributed by atoms with van der Waals surface area (Å²) in [4.78, 5) is 15.5. The van der Waals surface area contributed by atoms with Crippen molar-refractivity contribution in [1.82, 2.24) is 19.7 Å². The van der Waals surface area contributed by atoms with Crippen LogP contribution in [0.4, 0.5) is 5.69 Å². The molecule has 3 saturated heterocycles. The second kappa shape index (κ2) is 33.6. The van der Waals surface area contributed by atoms with Crippen LogP contribution < -0.4 is 4.90 Å². The SMILES string of the molecule is C#CC.C=C.CC.CC.CC.CCC(C)(C)C.CCN1CCC(N2CCN(C3CCN(c4c(C)cnc5ccc(C)cc45)CC3)CC2)CC1.CCc1ccc(C)cc1. The summed E-state index contributed by atoms with van der Waals surface area (Å²) < 4.78 is 0. The maximum Gasteiger partial charge on any atom is 0.0723 e. The first-order chi connectivity index (χ1) is 27.9. The monoisotopic (exact) mass is 800 g/mol. The molecule has 5 heteroatoms. The van der Waals surface area contributed by atoms with E-state index in [1.54, 1.807) is 6.92 Å². The van der Waals surface area contributed by atoms with Crippen LogP contribution in [0.2, 0.25) is 0 Å².